The van der Waals surface area contributed by atoms with Crippen LogP contribution in [0, 0.1) is 0 Å². The second-order valence-electron chi connectivity index (χ2n) is 5.18. The standard InChI is InChI=1S/C17H19N3O2S/c1-2-22-15-5-3-13(4-6-15)11-16(21)18-8-7-14-12-20-9-10-23-17(20)19-14/h3-6,9-10,12H,2,7-8,11H2,1H3,(H,18,21). The van der Waals surface area contributed by atoms with Gasteiger partial charge in [0.1, 0.15) is 5.75 Å². The van der Waals surface area contributed by atoms with Crippen LogP contribution in [-0.2, 0) is 17.6 Å². The van der Waals surface area contributed by atoms with E-state index in [9.17, 15) is 4.79 Å². The van der Waals surface area contributed by atoms with Crippen molar-refractivity contribution in [3.05, 3.63) is 53.3 Å². The van der Waals surface area contributed by atoms with Crippen molar-refractivity contribution in [1.29, 1.82) is 0 Å². The molecule has 3 rings (SSSR count). The predicted octanol–water partition coefficient (Wildman–Crippen LogP) is 2.70. The molecule has 0 aliphatic carbocycles. The van der Waals surface area contributed by atoms with E-state index in [2.05, 4.69) is 10.3 Å². The lowest BCUT2D eigenvalue weighted by atomic mass is 10.1. The van der Waals surface area contributed by atoms with Gasteiger partial charge in [-0.3, -0.25) is 9.20 Å². The monoisotopic (exact) mass is 329 g/mol. The van der Waals surface area contributed by atoms with Crippen molar-refractivity contribution in [3.63, 3.8) is 0 Å². The van der Waals surface area contributed by atoms with Gasteiger partial charge < -0.3 is 10.1 Å². The first-order valence-corrected chi connectivity index (χ1v) is 8.52. The lowest BCUT2D eigenvalue weighted by Gasteiger charge is -2.06. The molecule has 3 aromatic rings. The van der Waals surface area contributed by atoms with Crippen molar-refractivity contribution >= 4 is 22.2 Å². The number of carbonyl (C=O) groups excluding carboxylic acids is 1. The van der Waals surface area contributed by atoms with Gasteiger partial charge in [-0.2, -0.15) is 0 Å². The highest BCUT2D eigenvalue weighted by Crippen LogP contribution is 2.13. The molecule has 0 unspecified atom stereocenters. The molecule has 1 N–H and O–H groups in total. The van der Waals surface area contributed by atoms with Gasteiger partial charge in [0, 0.05) is 30.7 Å². The highest BCUT2D eigenvalue weighted by molar-refractivity contribution is 7.15. The number of rotatable bonds is 7. The van der Waals surface area contributed by atoms with Gasteiger partial charge in [-0.1, -0.05) is 12.1 Å². The molecule has 2 heterocycles. The van der Waals surface area contributed by atoms with Crippen molar-refractivity contribution in [3.8, 4) is 5.75 Å². The summed E-state index contributed by atoms with van der Waals surface area (Å²) in [6, 6.07) is 7.63. The number of hydrogen-bond acceptors (Lipinski definition) is 4. The molecule has 2 aromatic heterocycles. The Labute approximate surface area is 138 Å². The van der Waals surface area contributed by atoms with Crippen LogP contribution in [0.2, 0.25) is 0 Å². The predicted molar refractivity (Wildman–Crippen MR) is 91.1 cm³/mol. The molecule has 0 bridgehead atoms. The smallest absolute Gasteiger partial charge is 0.224 e. The number of ether oxygens (including phenoxy) is 1. The van der Waals surface area contributed by atoms with Crippen molar-refractivity contribution in [1.82, 2.24) is 14.7 Å². The summed E-state index contributed by atoms with van der Waals surface area (Å²) >= 11 is 1.61. The van der Waals surface area contributed by atoms with Gasteiger partial charge in [0.25, 0.3) is 0 Å². The molecule has 0 atom stereocenters. The fraction of sp³-hybridized carbons (Fsp3) is 0.294. The van der Waals surface area contributed by atoms with Gasteiger partial charge in [-0.15, -0.1) is 11.3 Å². The average molecular weight is 329 g/mol. The second kappa shape index (κ2) is 7.28. The topological polar surface area (TPSA) is 55.6 Å². The molecule has 0 spiro atoms. The van der Waals surface area contributed by atoms with E-state index in [0.717, 1.165) is 28.4 Å². The third-order valence-electron chi connectivity index (χ3n) is 3.45. The summed E-state index contributed by atoms with van der Waals surface area (Å²) in [4.78, 5) is 17.5. The summed E-state index contributed by atoms with van der Waals surface area (Å²) < 4.78 is 7.39. The quantitative estimate of drug-likeness (QED) is 0.725. The van der Waals surface area contributed by atoms with E-state index in [1.807, 2.05) is 53.4 Å². The fourth-order valence-electron chi connectivity index (χ4n) is 2.34. The van der Waals surface area contributed by atoms with Gasteiger partial charge >= 0.3 is 0 Å². The third kappa shape index (κ3) is 4.10. The molecule has 0 aliphatic rings. The average Bonchev–Trinajstić information content (AvgIpc) is 3.11. The SMILES string of the molecule is CCOc1ccc(CC(=O)NCCc2cn3ccsc3n2)cc1. The normalized spacial score (nSPS) is 10.8. The van der Waals surface area contributed by atoms with Crippen LogP contribution in [0.1, 0.15) is 18.2 Å². The fourth-order valence-corrected chi connectivity index (χ4v) is 3.06. The summed E-state index contributed by atoms with van der Waals surface area (Å²) in [7, 11) is 0. The summed E-state index contributed by atoms with van der Waals surface area (Å²) in [6.07, 6.45) is 5.11. The summed E-state index contributed by atoms with van der Waals surface area (Å²) in [6.45, 7) is 3.19. The van der Waals surface area contributed by atoms with E-state index in [1.54, 1.807) is 11.3 Å². The third-order valence-corrected chi connectivity index (χ3v) is 4.22. The van der Waals surface area contributed by atoms with Crippen molar-refractivity contribution in [2.24, 2.45) is 0 Å². The largest absolute Gasteiger partial charge is 0.494 e. The van der Waals surface area contributed by atoms with Crippen LogP contribution < -0.4 is 10.1 Å². The summed E-state index contributed by atoms with van der Waals surface area (Å²) in [5.74, 6) is 0.853. The van der Waals surface area contributed by atoms with Crippen LogP contribution in [0.5, 0.6) is 5.75 Å². The Hall–Kier alpha value is -2.34. The Balaban J connectivity index is 1.44. The van der Waals surface area contributed by atoms with E-state index >= 15 is 0 Å². The zero-order chi connectivity index (χ0) is 16.1. The van der Waals surface area contributed by atoms with Crippen LogP contribution in [-0.4, -0.2) is 28.4 Å². The van der Waals surface area contributed by atoms with Crippen LogP contribution >= 0.6 is 11.3 Å². The molecular weight excluding hydrogens is 310 g/mol. The van der Waals surface area contributed by atoms with Crippen LogP contribution in [0.4, 0.5) is 0 Å². The maximum absolute atomic E-state index is 12.0. The number of thiazole rings is 1. The molecular formula is C17H19N3O2S. The Morgan fingerprint density at radius 2 is 2.17 bits per heavy atom. The molecule has 0 aliphatic heterocycles. The Morgan fingerprint density at radius 3 is 2.91 bits per heavy atom. The maximum Gasteiger partial charge on any atom is 0.224 e. The zero-order valence-corrected chi connectivity index (χ0v) is 13.8. The molecule has 120 valence electrons. The summed E-state index contributed by atoms with van der Waals surface area (Å²) in [5.41, 5.74) is 1.98. The van der Waals surface area contributed by atoms with Crippen molar-refractivity contribution in [2.75, 3.05) is 13.2 Å². The van der Waals surface area contributed by atoms with E-state index in [0.29, 0.717) is 19.6 Å². The lowest BCUT2D eigenvalue weighted by molar-refractivity contribution is -0.120. The molecule has 0 radical (unpaired) electrons. The first-order valence-electron chi connectivity index (χ1n) is 7.64. The van der Waals surface area contributed by atoms with Crippen LogP contribution in [0.25, 0.3) is 4.96 Å². The van der Waals surface area contributed by atoms with Gasteiger partial charge in [0.15, 0.2) is 4.96 Å². The minimum absolute atomic E-state index is 0.0233. The molecule has 5 nitrogen and oxygen atoms in total. The molecule has 1 aromatic carbocycles. The number of fused-ring (bicyclic) bond motifs is 1. The first-order chi connectivity index (χ1) is 11.2. The summed E-state index contributed by atoms with van der Waals surface area (Å²) in [5, 5.41) is 4.94. The van der Waals surface area contributed by atoms with E-state index in [1.165, 1.54) is 0 Å². The van der Waals surface area contributed by atoms with Gasteiger partial charge in [-0.05, 0) is 24.6 Å². The number of benzene rings is 1. The first kappa shape index (κ1) is 15.6. The number of amides is 1. The van der Waals surface area contributed by atoms with E-state index < -0.39 is 0 Å². The van der Waals surface area contributed by atoms with Crippen LogP contribution in [0.3, 0.4) is 0 Å². The van der Waals surface area contributed by atoms with E-state index in [-0.39, 0.29) is 5.91 Å². The van der Waals surface area contributed by atoms with Gasteiger partial charge in [-0.25, -0.2) is 4.98 Å². The number of nitrogens with one attached hydrogen (secondary N) is 1. The Morgan fingerprint density at radius 1 is 1.35 bits per heavy atom. The zero-order valence-electron chi connectivity index (χ0n) is 13.0. The molecule has 23 heavy (non-hydrogen) atoms. The lowest BCUT2D eigenvalue weighted by Crippen LogP contribution is -2.27. The van der Waals surface area contributed by atoms with E-state index in [4.69, 9.17) is 4.74 Å². The number of nitrogens with zero attached hydrogens (tertiary/aromatic N) is 2. The Kier molecular flexibility index (Phi) is 4.92. The van der Waals surface area contributed by atoms with Crippen molar-refractivity contribution in [2.45, 2.75) is 19.8 Å². The molecule has 0 saturated carbocycles. The van der Waals surface area contributed by atoms with Crippen molar-refractivity contribution < 1.29 is 9.53 Å². The maximum atomic E-state index is 12.0. The molecule has 0 saturated heterocycles. The van der Waals surface area contributed by atoms with Crippen LogP contribution in [0.15, 0.2) is 42.0 Å². The highest BCUT2D eigenvalue weighted by Gasteiger charge is 2.06. The number of carbonyl (C=O) groups is 1. The minimum Gasteiger partial charge on any atom is -0.494 e. The Bertz CT molecular complexity index is 748. The number of aromatic nitrogens is 2. The minimum atomic E-state index is 0.0233. The molecule has 6 heteroatoms. The molecule has 0 fully saturated rings. The van der Waals surface area contributed by atoms with Gasteiger partial charge in [0.05, 0.1) is 18.7 Å². The number of imidazole rings is 1. The number of hydrogen-bond donors (Lipinski definition) is 1. The molecule has 1 amide bonds. The second-order valence-corrected chi connectivity index (χ2v) is 6.05. The highest BCUT2D eigenvalue weighted by atomic mass is 32.1. The van der Waals surface area contributed by atoms with Gasteiger partial charge in [0.2, 0.25) is 5.91 Å².